The second-order valence-corrected chi connectivity index (χ2v) is 5.30. The average molecular weight is 263 g/mol. The fourth-order valence-electron chi connectivity index (χ4n) is 2.59. The normalized spacial score (nSPS) is 16.3. The summed E-state index contributed by atoms with van der Waals surface area (Å²) in [5.74, 6) is 0.673. The number of rotatable bonds is 4. The number of hydrogen-bond acceptors (Lipinski definition) is 4. The molecular weight excluding hydrogens is 242 g/mol. The minimum atomic E-state index is -0.308. The first-order valence-corrected chi connectivity index (χ1v) is 6.75. The molecule has 0 bridgehead atoms. The summed E-state index contributed by atoms with van der Waals surface area (Å²) in [5.41, 5.74) is 1.84. The van der Waals surface area contributed by atoms with Gasteiger partial charge in [-0.2, -0.15) is 0 Å². The van der Waals surface area contributed by atoms with Crippen molar-refractivity contribution in [1.82, 2.24) is 5.32 Å². The topological polar surface area (TPSA) is 58.4 Å². The predicted molar refractivity (Wildman–Crippen MR) is 76.7 cm³/mol. The Morgan fingerprint density at radius 2 is 2.11 bits per heavy atom. The van der Waals surface area contributed by atoms with E-state index >= 15 is 0 Å². The van der Waals surface area contributed by atoms with Gasteiger partial charge in [0.05, 0.1) is 4.92 Å². The van der Waals surface area contributed by atoms with Crippen LogP contribution in [0.4, 0.5) is 11.4 Å². The van der Waals surface area contributed by atoms with Crippen LogP contribution in [-0.2, 0) is 0 Å². The van der Waals surface area contributed by atoms with E-state index in [1.54, 1.807) is 13.0 Å². The Bertz CT molecular complexity index is 456. The molecule has 0 atom stereocenters. The van der Waals surface area contributed by atoms with E-state index in [9.17, 15) is 10.1 Å². The van der Waals surface area contributed by atoms with E-state index in [0.717, 1.165) is 25.3 Å². The molecule has 1 saturated heterocycles. The second-order valence-electron chi connectivity index (χ2n) is 5.30. The summed E-state index contributed by atoms with van der Waals surface area (Å²) >= 11 is 0. The monoisotopic (exact) mass is 263 g/mol. The van der Waals surface area contributed by atoms with Gasteiger partial charge in [0, 0.05) is 30.9 Å². The van der Waals surface area contributed by atoms with Gasteiger partial charge < -0.3 is 10.2 Å². The third-order valence-corrected chi connectivity index (χ3v) is 3.82. The largest absolute Gasteiger partial charge is 0.374 e. The second kappa shape index (κ2) is 6.02. The van der Waals surface area contributed by atoms with Crippen LogP contribution in [-0.4, -0.2) is 31.6 Å². The minimum Gasteiger partial charge on any atom is -0.374 e. The van der Waals surface area contributed by atoms with E-state index in [-0.39, 0.29) is 10.6 Å². The summed E-state index contributed by atoms with van der Waals surface area (Å²) in [6, 6.07) is 5.46. The molecule has 5 heteroatoms. The number of nitro benzene ring substituents is 1. The maximum absolute atomic E-state index is 11.0. The van der Waals surface area contributed by atoms with Crippen LogP contribution in [0.2, 0.25) is 0 Å². The predicted octanol–water partition coefficient (Wildman–Crippen LogP) is 2.34. The molecule has 0 spiro atoms. The molecule has 1 heterocycles. The van der Waals surface area contributed by atoms with E-state index in [4.69, 9.17) is 0 Å². The summed E-state index contributed by atoms with van der Waals surface area (Å²) in [5, 5.41) is 14.3. The van der Waals surface area contributed by atoms with E-state index < -0.39 is 0 Å². The van der Waals surface area contributed by atoms with Gasteiger partial charge in [0.15, 0.2) is 0 Å². The number of nitrogens with zero attached hydrogens (tertiary/aromatic N) is 2. The van der Waals surface area contributed by atoms with Crippen LogP contribution in [0.3, 0.4) is 0 Å². The van der Waals surface area contributed by atoms with Gasteiger partial charge in [-0.3, -0.25) is 10.1 Å². The van der Waals surface area contributed by atoms with E-state index in [1.165, 1.54) is 12.8 Å². The highest BCUT2D eigenvalue weighted by molar-refractivity contribution is 5.56. The van der Waals surface area contributed by atoms with Crippen LogP contribution in [0.15, 0.2) is 18.2 Å². The zero-order chi connectivity index (χ0) is 13.8. The highest BCUT2D eigenvalue weighted by atomic mass is 16.6. The molecule has 0 radical (unpaired) electrons. The van der Waals surface area contributed by atoms with Crippen LogP contribution in [0.5, 0.6) is 0 Å². The van der Waals surface area contributed by atoms with Crippen LogP contribution >= 0.6 is 0 Å². The van der Waals surface area contributed by atoms with Crippen molar-refractivity contribution in [1.29, 1.82) is 0 Å². The lowest BCUT2D eigenvalue weighted by Crippen LogP contribution is -2.34. The SMILES string of the molecule is Cc1ccc(N(C)CC2CCNCC2)cc1[N+](=O)[O-]. The van der Waals surface area contributed by atoms with Gasteiger partial charge in [-0.05, 0) is 44.8 Å². The van der Waals surface area contributed by atoms with Gasteiger partial charge in [-0.1, -0.05) is 6.07 Å². The first-order chi connectivity index (χ1) is 9.08. The number of piperidine rings is 1. The molecule has 1 fully saturated rings. The molecule has 1 aliphatic rings. The Morgan fingerprint density at radius 1 is 1.42 bits per heavy atom. The molecule has 1 aliphatic heterocycles. The molecule has 5 nitrogen and oxygen atoms in total. The van der Waals surface area contributed by atoms with Crippen molar-refractivity contribution in [2.24, 2.45) is 5.92 Å². The van der Waals surface area contributed by atoms with Crippen LogP contribution in [0.1, 0.15) is 18.4 Å². The van der Waals surface area contributed by atoms with Crippen LogP contribution < -0.4 is 10.2 Å². The van der Waals surface area contributed by atoms with Crippen molar-refractivity contribution in [3.63, 3.8) is 0 Å². The fraction of sp³-hybridized carbons (Fsp3) is 0.571. The van der Waals surface area contributed by atoms with E-state index in [0.29, 0.717) is 11.5 Å². The van der Waals surface area contributed by atoms with Crippen molar-refractivity contribution in [2.45, 2.75) is 19.8 Å². The number of benzene rings is 1. The summed E-state index contributed by atoms with van der Waals surface area (Å²) in [4.78, 5) is 12.8. The smallest absolute Gasteiger partial charge is 0.274 e. The lowest BCUT2D eigenvalue weighted by molar-refractivity contribution is -0.385. The highest BCUT2D eigenvalue weighted by Crippen LogP contribution is 2.25. The summed E-state index contributed by atoms with van der Waals surface area (Å²) in [6.07, 6.45) is 2.36. The molecule has 0 aliphatic carbocycles. The van der Waals surface area contributed by atoms with Gasteiger partial charge in [0.2, 0.25) is 0 Å². The van der Waals surface area contributed by atoms with Crippen molar-refractivity contribution < 1.29 is 4.92 Å². The summed E-state index contributed by atoms with van der Waals surface area (Å²) in [7, 11) is 2.01. The van der Waals surface area contributed by atoms with E-state index in [2.05, 4.69) is 10.2 Å². The zero-order valence-corrected chi connectivity index (χ0v) is 11.6. The molecule has 0 amide bonds. The maximum atomic E-state index is 11.0. The Labute approximate surface area is 113 Å². The minimum absolute atomic E-state index is 0.203. The van der Waals surface area contributed by atoms with Gasteiger partial charge in [0.1, 0.15) is 0 Å². The molecular formula is C14H21N3O2. The van der Waals surface area contributed by atoms with Crippen molar-refractivity contribution >= 4 is 11.4 Å². The number of nitro groups is 1. The number of nitrogens with one attached hydrogen (secondary N) is 1. The third kappa shape index (κ3) is 3.44. The zero-order valence-electron chi connectivity index (χ0n) is 11.6. The number of aryl methyl sites for hydroxylation is 1. The molecule has 2 rings (SSSR count). The molecule has 104 valence electrons. The highest BCUT2D eigenvalue weighted by Gasteiger charge is 2.17. The Kier molecular flexibility index (Phi) is 4.37. The quantitative estimate of drug-likeness (QED) is 0.669. The fourth-order valence-corrected chi connectivity index (χ4v) is 2.59. The molecule has 1 aromatic rings. The van der Waals surface area contributed by atoms with Gasteiger partial charge in [0.25, 0.3) is 5.69 Å². The molecule has 0 unspecified atom stereocenters. The molecule has 19 heavy (non-hydrogen) atoms. The Hall–Kier alpha value is -1.62. The van der Waals surface area contributed by atoms with Crippen LogP contribution in [0, 0.1) is 23.0 Å². The molecule has 0 aromatic heterocycles. The lowest BCUT2D eigenvalue weighted by atomic mass is 9.97. The van der Waals surface area contributed by atoms with Gasteiger partial charge in [-0.15, -0.1) is 0 Å². The van der Waals surface area contributed by atoms with Crippen molar-refractivity contribution in [3.8, 4) is 0 Å². The Balaban J connectivity index is 2.07. The number of anilines is 1. The first-order valence-electron chi connectivity index (χ1n) is 6.75. The molecule has 1 N–H and O–H groups in total. The summed E-state index contributed by atoms with van der Waals surface area (Å²) < 4.78 is 0. The third-order valence-electron chi connectivity index (χ3n) is 3.82. The standard InChI is InChI=1S/C14H21N3O2/c1-11-3-4-13(9-14(11)17(18)19)16(2)10-12-5-7-15-8-6-12/h3-4,9,12,15H,5-8,10H2,1-2H3. The summed E-state index contributed by atoms with van der Waals surface area (Å²) in [6.45, 7) is 4.88. The van der Waals surface area contributed by atoms with Gasteiger partial charge >= 0.3 is 0 Å². The van der Waals surface area contributed by atoms with Crippen LogP contribution in [0.25, 0.3) is 0 Å². The molecule has 0 saturated carbocycles. The maximum Gasteiger partial charge on any atom is 0.274 e. The Morgan fingerprint density at radius 3 is 2.74 bits per heavy atom. The van der Waals surface area contributed by atoms with Crippen molar-refractivity contribution in [2.75, 3.05) is 31.6 Å². The molecule has 1 aromatic carbocycles. The number of hydrogen-bond donors (Lipinski definition) is 1. The lowest BCUT2D eigenvalue weighted by Gasteiger charge is -2.28. The average Bonchev–Trinajstić information content (AvgIpc) is 2.40. The van der Waals surface area contributed by atoms with E-state index in [1.807, 2.05) is 19.2 Å². The first kappa shape index (κ1) is 13.8. The van der Waals surface area contributed by atoms with Gasteiger partial charge in [-0.25, -0.2) is 0 Å². The van der Waals surface area contributed by atoms with Crippen molar-refractivity contribution in [3.05, 3.63) is 33.9 Å².